The quantitative estimate of drug-likeness (QED) is 0.781. The number of hydrogen-bond donors (Lipinski definition) is 0. The predicted molar refractivity (Wildman–Crippen MR) is 82.8 cm³/mol. The van der Waals surface area contributed by atoms with Crippen LogP contribution in [-0.2, 0) is 0 Å². The van der Waals surface area contributed by atoms with Crippen molar-refractivity contribution in [2.45, 2.75) is 6.04 Å². The molecule has 1 heterocycles. The third-order valence-corrected chi connectivity index (χ3v) is 4.70. The van der Waals surface area contributed by atoms with Crippen LogP contribution >= 0.6 is 0 Å². The maximum Gasteiger partial charge on any atom is 0.0614 e. The van der Waals surface area contributed by atoms with Gasteiger partial charge in [0.25, 0.3) is 0 Å². The summed E-state index contributed by atoms with van der Waals surface area (Å²) >= 11 is 0. The molecule has 1 aliphatic heterocycles. The van der Waals surface area contributed by atoms with Crippen molar-refractivity contribution >= 4 is 0 Å². The van der Waals surface area contributed by atoms with E-state index >= 15 is 0 Å². The average molecular weight is 264 g/mol. The highest BCUT2D eigenvalue weighted by atomic mass is 15.3. The molecule has 2 aromatic rings. The van der Waals surface area contributed by atoms with Gasteiger partial charge in [0.2, 0.25) is 0 Å². The number of likely N-dealkylation sites (N-methyl/N-ethyl adjacent to an activating group) is 1. The van der Waals surface area contributed by atoms with Gasteiger partial charge in [0.05, 0.1) is 6.04 Å². The van der Waals surface area contributed by atoms with Crippen LogP contribution in [0.5, 0.6) is 0 Å². The maximum atomic E-state index is 2.64. The topological polar surface area (TPSA) is 6.48 Å². The monoisotopic (exact) mass is 264 g/mol. The average Bonchev–Trinajstić information content (AvgIpc) is 2.83. The minimum Gasteiger partial charge on any atom is -0.304 e. The molecule has 0 saturated carbocycles. The fourth-order valence-electron chi connectivity index (χ4n) is 3.60. The SMILES string of the molecule is CN1CCN(C2c3ccccc3-c3ccccc32)CC1. The lowest BCUT2D eigenvalue weighted by Crippen LogP contribution is -2.45. The number of fused-ring (bicyclic) bond motifs is 3. The normalized spacial score (nSPS) is 19.9. The van der Waals surface area contributed by atoms with Gasteiger partial charge in [-0.25, -0.2) is 0 Å². The van der Waals surface area contributed by atoms with Crippen molar-refractivity contribution in [3.63, 3.8) is 0 Å². The highest BCUT2D eigenvalue weighted by Crippen LogP contribution is 2.46. The first kappa shape index (κ1) is 12.1. The summed E-state index contributed by atoms with van der Waals surface area (Å²) in [6.07, 6.45) is 0. The molecule has 102 valence electrons. The third kappa shape index (κ3) is 1.80. The lowest BCUT2D eigenvalue weighted by molar-refractivity contribution is 0.129. The smallest absolute Gasteiger partial charge is 0.0614 e. The highest BCUT2D eigenvalue weighted by molar-refractivity contribution is 5.78. The molecule has 0 bridgehead atoms. The molecule has 0 atom stereocenters. The molecule has 0 amide bonds. The summed E-state index contributed by atoms with van der Waals surface area (Å²) in [6, 6.07) is 18.3. The molecule has 2 nitrogen and oxygen atoms in total. The molecule has 1 saturated heterocycles. The van der Waals surface area contributed by atoms with Gasteiger partial charge in [0.15, 0.2) is 0 Å². The molecule has 2 aliphatic rings. The largest absolute Gasteiger partial charge is 0.304 e. The summed E-state index contributed by atoms with van der Waals surface area (Å²) in [6.45, 7) is 4.65. The van der Waals surface area contributed by atoms with Crippen molar-refractivity contribution in [2.75, 3.05) is 33.2 Å². The van der Waals surface area contributed by atoms with E-state index < -0.39 is 0 Å². The molecule has 1 fully saturated rings. The predicted octanol–water partition coefficient (Wildman–Crippen LogP) is 3.00. The van der Waals surface area contributed by atoms with E-state index in [2.05, 4.69) is 65.4 Å². The summed E-state index contributed by atoms with van der Waals surface area (Å²) < 4.78 is 0. The van der Waals surface area contributed by atoms with Crippen LogP contribution in [0.3, 0.4) is 0 Å². The molecule has 2 heteroatoms. The third-order valence-electron chi connectivity index (χ3n) is 4.70. The van der Waals surface area contributed by atoms with Crippen LogP contribution in [-0.4, -0.2) is 43.0 Å². The minimum absolute atomic E-state index is 0.455. The Bertz CT molecular complexity index is 581. The first-order valence-electron chi connectivity index (χ1n) is 7.45. The summed E-state index contributed by atoms with van der Waals surface area (Å²) in [4.78, 5) is 5.06. The van der Waals surface area contributed by atoms with E-state index in [1.165, 1.54) is 35.3 Å². The van der Waals surface area contributed by atoms with Crippen molar-refractivity contribution < 1.29 is 0 Å². The summed E-state index contributed by atoms with van der Waals surface area (Å²) in [7, 11) is 2.22. The van der Waals surface area contributed by atoms with Gasteiger partial charge in [0.1, 0.15) is 0 Å². The molecule has 0 aromatic heterocycles. The van der Waals surface area contributed by atoms with E-state index in [4.69, 9.17) is 0 Å². The zero-order valence-corrected chi connectivity index (χ0v) is 11.9. The van der Waals surface area contributed by atoms with Crippen molar-refractivity contribution in [1.29, 1.82) is 0 Å². The Morgan fingerprint density at radius 3 is 1.80 bits per heavy atom. The summed E-state index contributed by atoms with van der Waals surface area (Å²) in [5, 5.41) is 0. The van der Waals surface area contributed by atoms with Crippen molar-refractivity contribution in [3.8, 4) is 11.1 Å². The van der Waals surface area contributed by atoms with Gasteiger partial charge in [0, 0.05) is 26.2 Å². The first-order valence-corrected chi connectivity index (χ1v) is 7.45. The Labute approximate surface area is 120 Å². The van der Waals surface area contributed by atoms with E-state index in [1.54, 1.807) is 0 Å². The number of piperazine rings is 1. The number of rotatable bonds is 1. The zero-order chi connectivity index (χ0) is 13.5. The Kier molecular flexibility index (Phi) is 2.86. The zero-order valence-electron chi connectivity index (χ0n) is 11.9. The van der Waals surface area contributed by atoms with Gasteiger partial charge in [-0.1, -0.05) is 48.5 Å². The second-order valence-corrected chi connectivity index (χ2v) is 5.92. The summed E-state index contributed by atoms with van der Waals surface area (Å²) in [5.74, 6) is 0. The fourth-order valence-corrected chi connectivity index (χ4v) is 3.60. The van der Waals surface area contributed by atoms with Crippen LogP contribution in [0.15, 0.2) is 48.5 Å². The number of benzene rings is 2. The van der Waals surface area contributed by atoms with Gasteiger partial charge in [-0.2, -0.15) is 0 Å². The second-order valence-electron chi connectivity index (χ2n) is 5.92. The van der Waals surface area contributed by atoms with Crippen molar-refractivity contribution in [1.82, 2.24) is 9.80 Å². The lowest BCUT2D eigenvalue weighted by Gasteiger charge is -2.37. The molecule has 0 radical (unpaired) electrons. The molecule has 4 rings (SSSR count). The Morgan fingerprint density at radius 1 is 0.750 bits per heavy atom. The van der Waals surface area contributed by atoms with Gasteiger partial charge in [-0.15, -0.1) is 0 Å². The van der Waals surface area contributed by atoms with E-state index in [1.807, 2.05) is 0 Å². The van der Waals surface area contributed by atoms with Gasteiger partial charge in [-0.3, -0.25) is 4.90 Å². The molecule has 0 N–H and O–H groups in total. The van der Waals surface area contributed by atoms with Gasteiger partial charge < -0.3 is 4.90 Å². The van der Waals surface area contributed by atoms with E-state index in [-0.39, 0.29) is 0 Å². The van der Waals surface area contributed by atoms with Crippen molar-refractivity contribution in [2.24, 2.45) is 0 Å². The Morgan fingerprint density at radius 2 is 1.25 bits per heavy atom. The Hall–Kier alpha value is -1.64. The molecule has 0 unspecified atom stereocenters. The molecule has 1 aliphatic carbocycles. The Balaban J connectivity index is 1.79. The molecule has 20 heavy (non-hydrogen) atoms. The van der Waals surface area contributed by atoms with Crippen LogP contribution in [0.1, 0.15) is 17.2 Å². The first-order chi connectivity index (χ1) is 9.84. The molecule has 0 spiro atoms. The highest BCUT2D eigenvalue weighted by Gasteiger charge is 2.33. The van der Waals surface area contributed by atoms with Crippen LogP contribution in [0.25, 0.3) is 11.1 Å². The van der Waals surface area contributed by atoms with Crippen LogP contribution in [0.2, 0.25) is 0 Å². The van der Waals surface area contributed by atoms with Gasteiger partial charge >= 0.3 is 0 Å². The van der Waals surface area contributed by atoms with Crippen LogP contribution in [0.4, 0.5) is 0 Å². The minimum atomic E-state index is 0.455. The number of hydrogen-bond acceptors (Lipinski definition) is 2. The summed E-state index contributed by atoms with van der Waals surface area (Å²) in [5.41, 5.74) is 5.82. The van der Waals surface area contributed by atoms with E-state index in [0.717, 1.165) is 13.1 Å². The molecular formula is C18H20N2. The van der Waals surface area contributed by atoms with Crippen molar-refractivity contribution in [3.05, 3.63) is 59.7 Å². The second kappa shape index (κ2) is 4.72. The maximum absolute atomic E-state index is 2.64. The molecular weight excluding hydrogens is 244 g/mol. The lowest BCUT2D eigenvalue weighted by atomic mass is 10.0. The van der Waals surface area contributed by atoms with Crippen LogP contribution in [0, 0.1) is 0 Å². The fraction of sp³-hybridized carbons (Fsp3) is 0.333. The van der Waals surface area contributed by atoms with Crippen LogP contribution < -0.4 is 0 Å². The van der Waals surface area contributed by atoms with E-state index in [9.17, 15) is 0 Å². The molecule has 2 aromatic carbocycles. The van der Waals surface area contributed by atoms with E-state index in [0.29, 0.717) is 6.04 Å². The number of nitrogens with zero attached hydrogens (tertiary/aromatic N) is 2. The standard InChI is InChI=1S/C18H20N2/c1-19-10-12-20(13-11-19)18-16-8-4-2-6-14(16)15-7-3-5-9-17(15)18/h2-9,18H,10-13H2,1H3. The van der Waals surface area contributed by atoms with Gasteiger partial charge in [-0.05, 0) is 29.3 Å².